The summed E-state index contributed by atoms with van der Waals surface area (Å²) < 4.78 is 26.5. The number of nitrogens with one attached hydrogen (secondary N) is 2. The highest BCUT2D eigenvalue weighted by Crippen LogP contribution is 2.19. The second-order valence-corrected chi connectivity index (χ2v) is 7.28. The van der Waals surface area contributed by atoms with Gasteiger partial charge in [-0.25, -0.2) is 13.1 Å². The van der Waals surface area contributed by atoms with E-state index < -0.39 is 10.0 Å². The van der Waals surface area contributed by atoms with Crippen LogP contribution in [0.5, 0.6) is 0 Å². The average molecular weight is 296 g/mol. The molecule has 0 bridgehead atoms. The highest BCUT2D eigenvalue weighted by Gasteiger charge is 2.24. The molecule has 0 radical (unpaired) electrons. The molecule has 20 heavy (non-hydrogen) atoms. The van der Waals surface area contributed by atoms with Crippen LogP contribution in [0.15, 0.2) is 29.2 Å². The summed E-state index contributed by atoms with van der Waals surface area (Å²) in [5.74, 6) is 0.0972. The molecule has 0 aliphatic heterocycles. The Morgan fingerprint density at radius 2 is 1.85 bits per heavy atom. The van der Waals surface area contributed by atoms with Gasteiger partial charge >= 0.3 is 0 Å². The van der Waals surface area contributed by atoms with Gasteiger partial charge in [-0.2, -0.15) is 0 Å². The van der Waals surface area contributed by atoms with Crippen LogP contribution in [0.25, 0.3) is 0 Å². The van der Waals surface area contributed by atoms with Crippen LogP contribution in [0, 0.1) is 5.92 Å². The summed E-state index contributed by atoms with van der Waals surface area (Å²) in [6.07, 6.45) is 2.05. The fourth-order valence-electron chi connectivity index (χ4n) is 1.64. The van der Waals surface area contributed by atoms with Gasteiger partial charge in [-0.3, -0.25) is 4.79 Å². The zero-order chi connectivity index (χ0) is 14.8. The van der Waals surface area contributed by atoms with E-state index in [2.05, 4.69) is 10.0 Å². The summed E-state index contributed by atoms with van der Waals surface area (Å²) in [6.45, 7) is 4.27. The number of carbonyl (C=O) groups excluding carboxylic acids is 1. The standard InChI is InChI=1S/C14H20N2O3S/c1-10(2)9-15-20(18,19)13-7-3-11(4-8-13)14(17)16-12-5-6-12/h3-4,7-8,10,12,15H,5-6,9H2,1-2H3,(H,16,17). The summed E-state index contributed by atoms with van der Waals surface area (Å²) >= 11 is 0. The van der Waals surface area contributed by atoms with Gasteiger partial charge in [0, 0.05) is 18.2 Å². The van der Waals surface area contributed by atoms with Gasteiger partial charge in [-0.05, 0) is 43.0 Å². The van der Waals surface area contributed by atoms with Crippen molar-refractivity contribution in [3.05, 3.63) is 29.8 Å². The van der Waals surface area contributed by atoms with Crippen LogP contribution < -0.4 is 10.0 Å². The highest BCUT2D eigenvalue weighted by atomic mass is 32.2. The van der Waals surface area contributed by atoms with E-state index in [-0.39, 0.29) is 16.7 Å². The fraction of sp³-hybridized carbons (Fsp3) is 0.500. The molecular formula is C14H20N2O3S. The van der Waals surface area contributed by atoms with Gasteiger partial charge in [0.05, 0.1) is 4.90 Å². The summed E-state index contributed by atoms with van der Waals surface area (Å²) in [5, 5.41) is 2.86. The molecule has 0 unspecified atom stereocenters. The van der Waals surface area contributed by atoms with Crippen LogP contribution in [0.1, 0.15) is 37.0 Å². The minimum Gasteiger partial charge on any atom is -0.349 e. The minimum atomic E-state index is -3.49. The largest absolute Gasteiger partial charge is 0.349 e. The molecule has 2 rings (SSSR count). The molecule has 0 heterocycles. The third-order valence-electron chi connectivity index (χ3n) is 3.02. The number of rotatable bonds is 6. The second-order valence-electron chi connectivity index (χ2n) is 5.52. The Bertz CT molecular complexity index is 575. The van der Waals surface area contributed by atoms with Gasteiger partial charge in [0.2, 0.25) is 10.0 Å². The molecule has 5 nitrogen and oxygen atoms in total. The Kier molecular flexibility index (Phi) is 4.45. The molecule has 0 atom stereocenters. The molecule has 1 aliphatic carbocycles. The first-order valence-electron chi connectivity index (χ1n) is 6.79. The average Bonchev–Trinajstić information content (AvgIpc) is 3.20. The maximum Gasteiger partial charge on any atom is 0.251 e. The zero-order valence-electron chi connectivity index (χ0n) is 11.7. The van der Waals surface area contributed by atoms with E-state index in [1.807, 2.05) is 13.8 Å². The number of hydrogen-bond donors (Lipinski definition) is 2. The van der Waals surface area contributed by atoms with Crippen LogP contribution in [-0.4, -0.2) is 26.9 Å². The molecule has 2 N–H and O–H groups in total. The smallest absolute Gasteiger partial charge is 0.251 e. The number of sulfonamides is 1. The number of amides is 1. The van der Waals surface area contributed by atoms with E-state index in [1.165, 1.54) is 12.1 Å². The number of hydrogen-bond acceptors (Lipinski definition) is 3. The van der Waals surface area contributed by atoms with E-state index in [1.54, 1.807) is 12.1 Å². The Balaban J connectivity index is 2.04. The first kappa shape index (κ1) is 15.0. The lowest BCUT2D eigenvalue weighted by atomic mass is 10.2. The molecule has 1 aliphatic rings. The van der Waals surface area contributed by atoms with Crippen molar-refractivity contribution >= 4 is 15.9 Å². The summed E-state index contributed by atoms with van der Waals surface area (Å²) in [7, 11) is -3.49. The predicted octanol–water partition coefficient (Wildman–Crippen LogP) is 1.51. The van der Waals surface area contributed by atoms with E-state index >= 15 is 0 Å². The van der Waals surface area contributed by atoms with Gasteiger partial charge in [-0.15, -0.1) is 0 Å². The topological polar surface area (TPSA) is 75.3 Å². The molecule has 6 heteroatoms. The van der Waals surface area contributed by atoms with E-state index in [9.17, 15) is 13.2 Å². The van der Waals surface area contributed by atoms with Crippen molar-refractivity contribution in [3.8, 4) is 0 Å². The number of carbonyl (C=O) groups is 1. The van der Waals surface area contributed by atoms with Crippen LogP contribution >= 0.6 is 0 Å². The molecule has 0 aromatic heterocycles. The molecule has 1 amide bonds. The lowest BCUT2D eigenvalue weighted by Crippen LogP contribution is -2.28. The molecule has 1 aromatic carbocycles. The molecule has 110 valence electrons. The maximum atomic E-state index is 12.0. The summed E-state index contributed by atoms with van der Waals surface area (Å²) in [6, 6.07) is 6.30. The van der Waals surface area contributed by atoms with Gasteiger partial charge in [0.15, 0.2) is 0 Å². The minimum absolute atomic E-state index is 0.147. The SMILES string of the molecule is CC(C)CNS(=O)(=O)c1ccc(C(=O)NC2CC2)cc1. The van der Waals surface area contributed by atoms with Crippen molar-refractivity contribution in [1.29, 1.82) is 0 Å². The Morgan fingerprint density at radius 1 is 1.25 bits per heavy atom. The van der Waals surface area contributed by atoms with Gasteiger partial charge in [0.1, 0.15) is 0 Å². The fourth-order valence-corrected chi connectivity index (χ4v) is 2.86. The van der Waals surface area contributed by atoms with Crippen molar-refractivity contribution in [3.63, 3.8) is 0 Å². The van der Waals surface area contributed by atoms with E-state index in [4.69, 9.17) is 0 Å². The molecule has 1 saturated carbocycles. The van der Waals surface area contributed by atoms with Crippen LogP contribution in [0.4, 0.5) is 0 Å². The normalized spacial score (nSPS) is 15.3. The molecule has 0 spiro atoms. The molecule has 1 aromatic rings. The third-order valence-corrected chi connectivity index (χ3v) is 4.46. The highest BCUT2D eigenvalue weighted by molar-refractivity contribution is 7.89. The van der Waals surface area contributed by atoms with Crippen molar-refractivity contribution < 1.29 is 13.2 Å². The van der Waals surface area contributed by atoms with E-state index in [0.717, 1.165) is 12.8 Å². The monoisotopic (exact) mass is 296 g/mol. The molecule has 1 fully saturated rings. The van der Waals surface area contributed by atoms with Crippen LogP contribution in [0.3, 0.4) is 0 Å². The van der Waals surface area contributed by atoms with Crippen molar-refractivity contribution in [2.24, 2.45) is 5.92 Å². The Labute approximate surface area is 119 Å². The van der Waals surface area contributed by atoms with Gasteiger partial charge in [0.25, 0.3) is 5.91 Å². The van der Waals surface area contributed by atoms with Gasteiger partial charge in [-0.1, -0.05) is 13.8 Å². The van der Waals surface area contributed by atoms with Crippen molar-refractivity contribution in [2.45, 2.75) is 37.6 Å². The Morgan fingerprint density at radius 3 is 2.35 bits per heavy atom. The quantitative estimate of drug-likeness (QED) is 0.835. The molecule has 0 saturated heterocycles. The van der Waals surface area contributed by atoms with E-state index in [0.29, 0.717) is 18.2 Å². The predicted molar refractivity (Wildman–Crippen MR) is 77.0 cm³/mol. The second kappa shape index (κ2) is 5.93. The van der Waals surface area contributed by atoms with Gasteiger partial charge < -0.3 is 5.32 Å². The zero-order valence-corrected chi connectivity index (χ0v) is 12.5. The lowest BCUT2D eigenvalue weighted by molar-refractivity contribution is 0.0951. The summed E-state index contributed by atoms with van der Waals surface area (Å²) in [4.78, 5) is 12.0. The third kappa shape index (κ3) is 4.05. The lowest BCUT2D eigenvalue weighted by Gasteiger charge is -2.09. The van der Waals surface area contributed by atoms with Crippen molar-refractivity contribution in [1.82, 2.24) is 10.0 Å². The van der Waals surface area contributed by atoms with Crippen LogP contribution in [0.2, 0.25) is 0 Å². The summed E-state index contributed by atoms with van der Waals surface area (Å²) in [5.41, 5.74) is 0.486. The first-order valence-corrected chi connectivity index (χ1v) is 8.27. The Hall–Kier alpha value is -1.40. The van der Waals surface area contributed by atoms with Crippen LogP contribution in [-0.2, 0) is 10.0 Å². The first-order chi connectivity index (χ1) is 9.38. The van der Waals surface area contributed by atoms with Crippen molar-refractivity contribution in [2.75, 3.05) is 6.54 Å². The maximum absolute atomic E-state index is 12.0. The number of benzene rings is 1. The molecular weight excluding hydrogens is 276 g/mol.